The molecule has 32 heavy (non-hydrogen) atoms. The van der Waals surface area contributed by atoms with Gasteiger partial charge in [0.2, 0.25) is 5.91 Å². The second kappa shape index (κ2) is 9.65. The molecule has 1 aromatic rings. The Hall–Kier alpha value is -2.99. The molecule has 3 heterocycles. The summed E-state index contributed by atoms with van der Waals surface area (Å²) in [4.78, 5) is 33.7. The van der Waals surface area contributed by atoms with Crippen LogP contribution in [0.2, 0.25) is 0 Å². The van der Waals surface area contributed by atoms with Crippen molar-refractivity contribution in [2.24, 2.45) is 4.99 Å². The van der Waals surface area contributed by atoms with Crippen LogP contribution in [0.1, 0.15) is 60.0 Å². The average molecular weight is 433 g/mol. The van der Waals surface area contributed by atoms with Crippen LogP contribution in [-0.2, 0) is 11.3 Å². The number of allylic oxidation sites excluding steroid dienone is 2. The van der Waals surface area contributed by atoms with E-state index in [4.69, 9.17) is 0 Å². The number of aliphatic imine (C=N–C) groups is 1. The first kappa shape index (κ1) is 22.2. The molecule has 4 rings (SSSR count). The molecule has 2 saturated heterocycles. The van der Waals surface area contributed by atoms with Gasteiger partial charge in [0.1, 0.15) is 6.04 Å². The third kappa shape index (κ3) is 4.60. The van der Waals surface area contributed by atoms with Crippen molar-refractivity contribution >= 4 is 18.0 Å². The standard InChI is InChI=1S/C26H32N4O2/c1-4-19(15-27-5-2)16-29-12-10-20(11-13-29)21-7-8-23-22(14-21)17-30(26(23)32)24-9-6-18(3)28-25(24)31/h4-5,7-8,14-15,20,24H,2-3,6,9-13,16-17H2,1H3,(H,28,31)/b19-4+,27-15?. The first-order chi connectivity index (χ1) is 15.5. The number of likely N-dealkylation sites (tertiary alicyclic amines) is 1. The van der Waals surface area contributed by atoms with Crippen molar-refractivity contribution in [2.45, 2.75) is 51.1 Å². The number of piperidine rings is 2. The highest BCUT2D eigenvalue weighted by Crippen LogP contribution is 2.34. The number of carbonyl (C=O) groups is 2. The summed E-state index contributed by atoms with van der Waals surface area (Å²) >= 11 is 0. The van der Waals surface area contributed by atoms with Crippen LogP contribution >= 0.6 is 0 Å². The highest BCUT2D eigenvalue weighted by Gasteiger charge is 2.38. The topological polar surface area (TPSA) is 65.0 Å². The minimum absolute atomic E-state index is 0.0332. The number of rotatable bonds is 6. The Morgan fingerprint density at radius 1 is 1.25 bits per heavy atom. The highest BCUT2D eigenvalue weighted by atomic mass is 16.2. The zero-order valence-corrected chi connectivity index (χ0v) is 18.8. The van der Waals surface area contributed by atoms with Gasteiger partial charge in [-0.15, -0.1) is 0 Å². The Kier molecular flexibility index (Phi) is 6.70. The molecule has 3 aliphatic rings. The molecule has 1 atom stereocenters. The molecule has 0 radical (unpaired) electrons. The van der Waals surface area contributed by atoms with E-state index in [1.54, 1.807) is 11.1 Å². The summed E-state index contributed by atoms with van der Waals surface area (Å²) in [7, 11) is 0. The monoisotopic (exact) mass is 432 g/mol. The van der Waals surface area contributed by atoms with E-state index in [0.29, 0.717) is 25.3 Å². The molecule has 0 aromatic heterocycles. The van der Waals surface area contributed by atoms with E-state index in [2.05, 4.69) is 46.6 Å². The Morgan fingerprint density at radius 2 is 2.03 bits per heavy atom. The van der Waals surface area contributed by atoms with E-state index in [1.807, 2.05) is 19.2 Å². The Balaban J connectivity index is 1.39. The summed E-state index contributed by atoms with van der Waals surface area (Å²) in [5.74, 6) is 0.348. The Labute approximate surface area is 190 Å². The molecule has 0 saturated carbocycles. The van der Waals surface area contributed by atoms with Gasteiger partial charge in [-0.05, 0) is 74.4 Å². The summed E-state index contributed by atoms with van der Waals surface area (Å²) < 4.78 is 0. The van der Waals surface area contributed by atoms with Crippen LogP contribution in [0, 0.1) is 0 Å². The van der Waals surface area contributed by atoms with Gasteiger partial charge in [-0.25, -0.2) is 0 Å². The first-order valence-electron chi connectivity index (χ1n) is 11.4. The number of benzene rings is 1. The van der Waals surface area contributed by atoms with E-state index < -0.39 is 6.04 Å². The minimum atomic E-state index is -0.405. The van der Waals surface area contributed by atoms with Gasteiger partial charge in [-0.2, -0.15) is 0 Å². The van der Waals surface area contributed by atoms with E-state index in [0.717, 1.165) is 49.3 Å². The van der Waals surface area contributed by atoms with Crippen LogP contribution in [0.15, 0.2) is 59.9 Å². The highest BCUT2D eigenvalue weighted by molar-refractivity contribution is 6.01. The van der Waals surface area contributed by atoms with Crippen molar-refractivity contribution in [3.05, 3.63) is 71.6 Å². The predicted molar refractivity (Wildman–Crippen MR) is 127 cm³/mol. The summed E-state index contributed by atoms with van der Waals surface area (Å²) in [6, 6.07) is 5.86. The SMILES string of the molecule is C=CN=C/C(=C\C)CN1CCC(c2ccc3c(c2)CN(C2CCC(=C)NC2=O)C3=O)CC1. The molecule has 3 aliphatic heterocycles. The number of hydrogen-bond donors (Lipinski definition) is 1. The van der Waals surface area contributed by atoms with Gasteiger partial charge in [-0.3, -0.25) is 19.5 Å². The summed E-state index contributed by atoms with van der Waals surface area (Å²) in [5.41, 5.74) is 5.03. The van der Waals surface area contributed by atoms with Crippen molar-refractivity contribution in [2.75, 3.05) is 19.6 Å². The molecular weight excluding hydrogens is 400 g/mol. The molecule has 1 N–H and O–H groups in total. The largest absolute Gasteiger partial charge is 0.329 e. The van der Waals surface area contributed by atoms with Gasteiger partial charge in [-0.1, -0.05) is 31.4 Å². The fraction of sp³-hybridized carbons (Fsp3) is 0.423. The molecule has 6 nitrogen and oxygen atoms in total. The van der Waals surface area contributed by atoms with E-state index in [-0.39, 0.29) is 11.8 Å². The molecule has 2 amide bonds. The first-order valence-corrected chi connectivity index (χ1v) is 11.4. The van der Waals surface area contributed by atoms with E-state index in [1.165, 1.54) is 11.1 Å². The fourth-order valence-corrected chi connectivity index (χ4v) is 4.97. The van der Waals surface area contributed by atoms with Crippen LogP contribution in [0.4, 0.5) is 0 Å². The van der Waals surface area contributed by atoms with Crippen molar-refractivity contribution in [1.82, 2.24) is 15.1 Å². The Morgan fingerprint density at radius 3 is 2.72 bits per heavy atom. The van der Waals surface area contributed by atoms with Crippen molar-refractivity contribution < 1.29 is 9.59 Å². The molecule has 6 heteroatoms. The van der Waals surface area contributed by atoms with Crippen LogP contribution < -0.4 is 5.32 Å². The molecule has 1 unspecified atom stereocenters. The normalized spacial score (nSPS) is 23.0. The molecule has 168 valence electrons. The zero-order chi connectivity index (χ0) is 22.7. The lowest BCUT2D eigenvalue weighted by atomic mass is 9.87. The number of hydrogen-bond acceptors (Lipinski definition) is 4. The van der Waals surface area contributed by atoms with Crippen LogP contribution in [0.5, 0.6) is 0 Å². The summed E-state index contributed by atoms with van der Waals surface area (Å²) in [5, 5.41) is 2.80. The maximum Gasteiger partial charge on any atom is 0.255 e. The molecular formula is C26H32N4O2. The lowest BCUT2D eigenvalue weighted by Gasteiger charge is -2.32. The van der Waals surface area contributed by atoms with Gasteiger partial charge >= 0.3 is 0 Å². The van der Waals surface area contributed by atoms with Crippen LogP contribution in [-0.4, -0.2) is 53.5 Å². The van der Waals surface area contributed by atoms with Crippen LogP contribution in [0.25, 0.3) is 0 Å². The smallest absolute Gasteiger partial charge is 0.255 e. The van der Waals surface area contributed by atoms with Gasteiger partial charge in [0, 0.05) is 36.8 Å². The summed E-state index contributed by atoms with van der Waals surface area (Å²) in [6.45, 7) is 13.0. The third-order valence-electron chi connectivity index (χ3n) is 6.84. The maximum atomic E-state index is 13.0. The number of carbonyl (C=O) groups excluding carboxylic acids is 2. The third-order valence-corrected chi connectivity index (χ3v) is 6.84. The van der Waals surface area contributed by atoms with Crippen molar-refractivity contribution in [1.29, 1.82) is 0 Å². The Bertz CT molecular complexity index is 986. The summed E-state index contributed by atoms with van der Waals surface area (Å²) in [6.07, 6.45) is 9.09. The molecule has 0 bridgehead atoms. The molecule has 0 aliphatic carbocycles. The fourth-order valence-electron chi connectivity index (χ4n) is 4.97. The number of fused-ring (bicyclic) bond motifs is 1. The molecule has 0 spiro atoms. The number of amides is 2. The molecule has 2 fully saturated rings. The van der Waals surface area contributed by atoms with Crippen molar-refractivity contribution in [3.8, 4) is 0 Å². The molecule has 1 aromatic carbocycles. The number of nitrogens with zero attached hydrogens (tertiary/aromatic N) is 3. The predicted octanol–water partition coefficient (Wildman–Crippen LogP) is 3.77. The van der Waals surface area contributed by atoms with Crippen molar-refractivity contribution in [3.63, 3.8) is 0 Å². The quantitative estimate of drug-likeness (QED) is 0.696. The van der Waals surface area contributed by atoms with Crippen LogP contribution in [0.3, 0.4) is 0 Å². The minimum Gasteiger partial charge on any atom is -0.329 e. The van der Waals surface area contributed by atoms with Gasteiger partial charge in [0.15, 0.2) is 0 Å². The number of nitrogens with one attached hydrogen (secondary N) is 1. The second-order valence-electron chi connectivity index (χ2n) is 8.87. The van der Waals surface area contributed by atoms with Gasteiger partial charge < -0.3 is 10.2 Å². The van der Waals surface area contributed by atoms with E-state index >= 15 is 0 Å². The van der Waals surface area contributed by atoms with Gasteiger partial charge in [0.25, 0.3) is 5.91 Å². The lowest BCUT2D eigenvalue weighted by molar-refractivity contribution is -0.126. The zero-order valence-electron chi connectivity index (χ0n) is 18.8. The lowest BCUT2D eigenvalue weighted by Crippen LogP contribution is -2.49. The second-order valence-corrected chi connectivity index (χ2v) is 8.87. The average Bonchev–Trinajstić information content (AvgIpc) is 3.12. The van der Waals surface area contributed by atoms with Gasteiger partial charge in [0.05, 0.1) is 0 Å². The maximum absolute atomic E-state index is 13.0. The van der Waals surface area contributed by atoms with E-state index in [9.17, 15) is 9.59 Å².